The Kier molecular flexibility index (Phi) is 106. The summed E-state index contributed by atoms with van der Waals surface area (Å²) in [7, 11) is -2.00. The monoisotopic (exact) mass is 164 g/mol. The second-order valence-electron chi connectivity index (χ2n) is 0.211. The van der Waals surface area contributed by atoms with E-state index in [1.54, 1.807) is 0 Å². The molecule has 0 heterocycles. The number of aliphatic hydroxyl groups excluding tert-OH is 1. The zero-order valence-electron chi connectivity index (χ0n) is 4.31. The van der Waals surface area contributed by atoms with E-state index in [0.29, 0.717) is 0 Å². The summed E-state index contributed by atoms with van der Waals surface area (Å²) in [5, 5.41) is 7.00. The first-order chi connectivity index (χ1) is 3.83. The molecule has 0 aromatic heterocycles. The maximum Gasteiger partial charge on any atom is 0.177 e. The van der Waals surface area contributed by atoms with Crippen molar-refractivity contribution in [1.29, 1.82) is 0 Å². The van der Waals surface area contributed by atoms with Crippen molar-refractivity contribution in [1.82, 2.24) is 0 Å². The highest BCUT2D eigenvalue weighted by Gasteiger charge is 1.18. The predicted octanol–water partition coefficient (Wildman–Crippen LogP) is -1.09. The molecule has 0 bridgehead atoms. The maximum absolute atomic E-state index is 8.57. The fraction of sp³-hybridized carbons (Fsp3) is 1.00. The molecule has 0 radical (unpaired) electrons. The highest BCUT2D eigenvalue weighted by Crippen LogP contribution is 1.66. The molecule has 0 aromatic rings. The molecule has 3 N–H and O–H groups in total. The first kappa shape index (κ1) is 15.8. The summed E-state index contributed by atoms with van der Waals surface area (Å²) < 4.78 is 17.1. The Morgan fingerprint density at radius 2 is 1.00 bits per heavy atom. The Bertz CT molecular complexity index is 31.4. The van der Waals surface area contributed by atoms with Crippen molar-refractivity contribution in [2.75, 3.05) is 7.11 Å². The number of hydrogen-bond donors (Lipinski definition) is 3. The number of hydrogen-bond acceptors (Lipinski definition) is 3. The van der Waals surface area contributed by atoms with Gasteiger partial charge in [0.2, 0.25) is 0 Å². The van der Waals surface area contributed by atoms with Crippen molar-refractivity contribution in [3.63, 3.8) is 0 Å². The summed E-state index contributed by atoms with van der Waals surface area (Å²) in [5.74, 6) is 0. The molecule has 0 saturated heterocycles. The summed E-state index contributed by atoms with van der Waals surface area (Å²) in [4.78, 5) is 14.2. The third-order valence-electron chi connectivity index (χ3n) is 0. The molecule has 0 amide bonds. The van der Waals surface area contributed by atoms with E-state index in [1.165, 1.54) is 0 Å². The molecule has 0 spiro atoms. The Hall–Kier alpha value is 0.340. The standard InChI is InChI=1S/CH4O.2H3O2P/c1-2;2*1-3-2/h2H,1H3;2*3H2,(H,1,2). The molecule has 5 nitrogen and oxygen atoms in total. The third-order valence-corrected chi connectivity index (χ3v) is 0. The van der Waals surface area contributed by atoms with Gasteiger partial charge in [-0.05, 0) is 0 Å². The van der Waals surface area contributed by atoms with E-state index < -0.39 is 17.4 Å². The van der Waals surface area contributed by atoms with Gasteiger partial charge in [0.25, 0.3) is 0 Å². The van der Waals surface area contributed by atoms with Crippen LogP contribution in [0.4, 0.5) is 0 Å². The van der Waals surface area contributed by atoms with Gasteiger partial charge in [-0.2, -0.15) is 0 Å². The van der Waals surface area contributed by atoms with Gasteiger partial charge >= 0.3 is 0 Å². The minimum Gasteiger partial charge on any atom is -0.400 e. The van der Waals surface area contributed by atoms with Gasteiger partial charge in [0.05, 0.1) is 0 Å². The van der Waals surface area contributed by atoms with Gasteiger partial charge in [0, 0.05) is 7.11 Å². The molecule has 0 aliphatic carbocycles. The average molecular weight is 164 g/mol. The van der Waals surface area contributed by atoms with Crippen LogP contribution in [0.25, 0.3) is 0 Å². The smallest absolute Gasteiger partial charge is 0.177 e. The lowest BCUT2D eigenvalue weighted by Gasteiger charge is -1.33. The van der Waals surface area contributed by atoms with E-state index in [-0.39, 0.29) is 0 Å². The highest BCUT2D eigenvalue weighted by molar-refractivity contribution is 7.16. The summed E-state index contributed by atoms with van der Waals surface area (Å²) in [6.45, 7) is 0. The first-order valence-corrected chi connectivity index (χ1v) is 3.41. The minimum atomic E-state index is -1.50. The van der Waals surface area contributed by atoms with Gasteiger partial charge in [-0.1, -0.05) is 0 Å². The lowest BCUT2D eigenvalue weighted by molar-refractivity contribution is 0.399. The van der Waals surface area contributed by atoms with Crippen LogP contribution in [-0.4, -0.2) is 22.0 Å². The van der Waals surface area contributed by atoms with E-state index in [4.69, 9.17) is 24.0 Å². The van der Waals surface area contributed by atoms with Crippen molar-refractivity contribution in [2.45, 2.75) is 0 Å². The molecule has 0 aliphatic rings. The lowest BCUT2D eigenvalue weighted by Crippen LogP contribution is -1.25. The Labute approximate surface area is 49.5 Å². The second-order valence-corrected chi connectivity index (χ2v) is 0.632. The fourth-order valence-electron chi connectivity index (χ4n) is 0. The molecule has 0 aromatic carbocycles. The van der Waals surface area contributed by atoms with E-state index in [9.17, 15) is 0 Å². The molecule has 2 atom stereocenters. The van der Waals surface area contributed by atoms with E-state index in [0.717, 1.165) is 7.11 Å². The Morgan fingerprint density at radius 1 is 1.00 bits per heavy atom. The Balaban J connectivity index is -0.0000000483. The molecule has 7 heteroatoms. The SMILES string of the molecule is CO.O=[PH2]O.O=[PH2]O. The van der Waals surface area contributed by atoms with Crippen LogP contribution >= 0.6 is 17.4 Å². The van der Waals surface area contributed by atoms with Gasteiger partial charge < -0.3 is 14.9 Å². The van der Waals surface area contributed by atoms with Crippen molar-refractivity contribution >= 4 is 17.4 Å². The number of rotatable bonds is 0. The van der Waals surface area contributed by atoms with Gasteiger partial charge in [0.15, 0.2) is 17.4 Å². The van der Waals surface area contributed by atoms with Gasteiger partial charge in [-0.15, -0.1) is 0 Å². The van der Waals surface area contributed by atoms with Gasteiger partial charge in [-0.3, -0.25) is 9.13 Å². The van der Waals surface area contributed by atoms with Crippen molar-refractivity contribution in [3.05, 3.63) is 0 Å². The summed E-state index contributed by atoms with van der Waals surface area (Å²) in [6.07, 6.45) is 0. The second kappa shape index (κ2) is 53.9. The normalized spacial score (nSPS) is 8.00. The molecule has 0 rings (SSSR count). The maximum atomic E-state index is 8.57. The zero-order chi connectivity index (χ0) is 7.41. The van der Waals surface area contributed by atoms with E-state index in [2.05, 4.69) is 0 Å². The fourth-order valence-corrected chi connectivity index (χ4v) is 0. The number of aliphatic hydroxyl groups is 1. The third kappa shape index (κ3) is 1560. The first-order valence-electron chi connectivity index (χ1n) is 1.44. The van der Waals surface area contributed by atoms with Crippen LogP contribution in [0.5, 0.6) is 0 Å². The molecular weight excluding hydrogens is 154 g/mol. The molecule has 8 heavy (non-hydrogen) atoms. The van der Waals surface area contributed by atoms with Crippen LogP contribution in [0, 0.1) is 0 Å². The minimum absolute atomic E-state index is 1.00. The predicted molar refractivity (Wildman–Crippen MR) is 33.4 cm³/mol. The van der Waals surface area contributed by atoms with Crippen molar-refractivity contribution in [2.24, 2.45) is 0 Å². The van der Waals surface area contributed by atoms with Crippen molar-refractivity contribution < 1.29 is 24.0 Å². The van der Waals surface area contributed by atoms with Gasteiger partial charge in [0.1, 0.15) is 0 Å². The van der Waals surface area contributed by atoms with Crippen LogP contribution < -0.4 is 0 Å². The average Bonchev–Trinajstić information content (AvgIpc) is 1.75. The van der Waals surface area contributed by atoms with Crippen LogP contribution in [0.2, 0.25) is 0 Å². The Morgan fingerprint density at radius 3 is 1.00 bits per heavy atom. The highest BCUT2D eigenvalue weighted by atomic mass is 31.1. The summed E-state index contributed by atoms with van der Waals surface area (Å²) in [5.41, 5.74) is 0. The molecule has 0 fully saturated rings. The van der Waals surface area contributed by atoms with Crippen molar-refractivity contribution in [3.8, 4) is 0 Å². The molecule has 2 unspecified atom stereocenters. The van der Waals surface area contributed by atoms with Crippen LogP contribution in [-0.2, 0) is 9.13 Å². The summed E-state index contributed by atoms with van der Waals surface area (Å²) >= 11 is 0. The largest absolute Gasteiger partial charge is 0.400 e. The lowest BCUT2D eigenvalue weighted by atomic mass is 11.8. The quantitative estimate of drug-likeness (QED) is 0.395. The van der Waals surface area contributed by atoms with Gasteiger partial charge in [-0.25, -0.2) is 0 Å². The van der Waals surface area contributed by atoms with Crippen LogP contribution in [0.1, 0.15) is 0 Å². The van der Waals surface area contributed by atoms with Crippen LogP contribution in [0.3, 0.4) is 0 Å². The van der Waals surface area contributed by atoms with E-state index in [1.807, 2.05) is 0 Å². The molecular formula is CH10O5P2. The summed E-state index contributed by atoms with van der Waals surface area (Å²) in [6, 6.07) is 0. The molecule has 0 aliphatic heterocycles. The zero-order valence-corrected chi connectivity index (χ0v) is 6.62. The molecule has 54 valence electrons. The van der Waals surface area contributed by atoms with Crippen LogP contribution in [0.15, 0.2) is 0 Å². The topological polar surface area (TPSA) is 94.8 Å². The van der Waals surface area contributed by atoms with E-state index >= 15 is 0 Å². The molecule has 0 saturated carbocycles.